The van der Waals surface area contributed by atoms with Crippen LogP contribution in [0.2, 0.25) is 35.9 Å². The normalized spacial score (nSPS) is 28.8. The Kier molecular flexibility index (Phi) is 27.8. The summed E-state index contributed by atoms with van der Waals surface area (Å²) in [6.07, 6.45) is 6.39. The second-order valence-electron chi connectivity index (χ2n) is 27.9. The Bertz CT molecular complexity index is 2410. The molecule has 1 spiro atoms. The Morgan fingerprint density at radius 1 is 0.779 bits per heavy atom. The molecule has 0 saturated carbocycles. The van der Waals surface area contributed by atoms with Gasteiger partial charge in [-0.25, -0.2) is 0 Å². The number of hydrogen-bond acceptors (Lipinski definition) is 12. The predicted octanol–water partition coefficient (Wildman–Crippen LogP) is 16.6. The van der Waals surface area contributed by atoms with E-state index in [2.05, 4.69) is 118 Å². The fourth-order valence-electron chi connectivity index (χ4n) is 13.7. The van der Waals surface area contributed by atoms with Gasteiger partial charge in [-0.15, -0.1) is 6.58 Å². The zero-order valence-electron chi connectivity index (χ0n) is 55.5. The molecule has 4 saturated heterocycles. The quantitative estimate of drug-likeness (QED) is 0.0245. The number of ether oxygens (including phenoxy) is 10. The molecule has 0 bridgehead atoms. The van der Waals surface area contributed by atoms with Crippen LogP contribution in [0.5, 0.6) is 0 Å². The second-order valence-corrected chi connectivity index (χ2v) is 46.7. The van der Waals surface area contributed by atoms with E-state index in [1.54, 1.807) is 0 Å². The number of methoxy groups -OCH3 is 1. The van der Waals surface area contributed by atoms with Crippen LogP contribution in [0, 0.1) is 11.8 Å². The molecule has 482 valence electrons. The molecule has 0 aliphatic carbocycles. The Hall–Kier alpha value is -2.51. The molecule has 4 fully saturated rings. The van der Waals surface area contributed by atoms with E-state index in [0.717, 1.165) is 39.5 Å². The van der Waals surface area contributed by atoms with Crippen LogP contribution in [0.4, 0.5) is 0 Å². The Balaban J connectivity index is 1.23. The number of carbonyl (C=O) groups excluding carboxylic acids is 1. The summed E-state index contributed by atoms with van der Waals surface area (Å²) in [5.41, 5.74) is 3.09. The average molecular weight is 1320 g/mol. The van der Waals surface area contributed by atoms with Crippen LogP contribution < -0.4 is 0 Å². The van der Waals surface area contributed by atoms with Gasteiger partial charge in [0.1, 0.15) is 5.60 Å². The minimum absolute atomic E-state index is 0.0456. The monoisotopic (exact) mass is 1320 g/mol. The van der Waals surface area contributed by atoms with Crippen molar-refractivity contribution in [2.45, 2.75) is 281 Å². The molecule has 12 nitrogen and oxygen atoms in total. The van der Waals surface area contributed by atoms with Crippen LogP contribution in [-0.4, -0.2) is 132 Å². The van der Waals surface area contributed by atoms with E-state index < -0.39 is 93.0 Å². The van der Waals surface area contributed by atoms with Gasteiger partial charge in [-0.2, -0.15) is 0 Å². The standard InChI is InChI=1S/C60H87O12Si.3C4H9.Sn/c1-41(2)33-49-48(35-53(65-40-47-27-20-15-21-28-47)59(9,70-49)52(64-39-46-25-18-14-19-26-46)29-32-63-38-45-23-16-13-17-24-45)69-54(61)36-51-55(66-37-43(4)62-10)44(5)56(72-73(11,12)58(6,7)8)57-50(68-51)34-42(3)60(71-57)30-22-31-67-60;3*1-3-4-2;/h13-21,23-28,42-44,48-53,55-57H,1,4,22,29-40H2,2-3,5-12H3;3*1,3-4H2,2H3;/t42-,43?,44+,48-,49+,50+,51-,52+,53+,55+,56-,57+,59-,60+;;;;/m0..../s1. The van der Waals surface area contributed by atoms with Crippen LogP contribution in [-0.2, 0) is 76.4 Å². The minimum atomic E-state index is -2.73. The molecule has 4 aliphatic rings. The van der Waals surface area contributed by atoms with Gasteiger partial charge in [-0.3, -0.25) is 0 Å². The van der Waals surface area contributed by atoms with Crippen molar-refractivity contribution in [2.24, 2.45) is 11.8 Å². The van der Waals surface area contributed by atoms with Crippen LogP contribution in [0.3, 0.4) is 0 Å². The molecule has 14 atom stereocenters. The Morgan fingerprint density at radius 3 is 1.92 bits per heavy atom. The van der Waals surface area contributed by atoms with E-state index in [1.165, 1.54) is 51.8 Å². The number of esters is 1. The van der Waals surface area contributed by atoms with Gasteiger partial charge in [-0.1, -0.05) is 96.6 Å². The summed E-state index contributed by atoms with van der Waals surface area (Å²) in [6, 6.07) is 30.7. The van der Waals surface area contributed by atoms with Crippen LogP contribution >= 0.6 is 0 Å². The third-order valence-corrected chi connectivity index (χ3v) is 40.3. The third kappa shape index (κ3) is 19.5. The molecule has 4 heterocycles. The molecule has 4 aliphatic heterocycles. The number of unbranched alkanes of at least 4 members (excludes halogenated alkanes) is 3. The molecule has 86 heavy (non-hydrogen) atoms. The first-order chi connectivity index (χ1) is 41.2. The first-order valence-corrected chi connectivity index (χ1v) is 44.4. The van der Waals surface area contributed by atoms with Crippen LogP contribution in [0.1, 0.15) is 169 Å². The van der Waals surface area contributed by atoms with Gasteiger partial charge in [0.25, 0.3) is 0 Å². The van der Waals surface area contributed by atoms with E-state index in [0.29, 0.717) is 65.3 Å². The maximum absolute atomic E-state index is 15.5. The molecule has 3 aromatic rings. The van der Waals surface area contributed by atoms with Gasteiger partial charge >= 0.3 is 336 Å². The van der Waals surface area contributed by atoms with E-state index in [9.17, 15) is 0 Å². The fraction of sp³-hybridized carbons (Fsp3) is 0.708. The molecule has 0 aromatic heterocycles. The number of fused-ring (bicyclic) bond motifs is 1. The number of benzene rings is 3. The summed E-state index contributed by atoms with van der Waals surface area (Å²) in [7, 11) is -0.580. The maximum atomic E-state index is 15.5. The van der Waals surface area contributed by atoms with Gasteiger partial charge < -0.3 is 14.2 Å². The number of hydrogen-bond donors (Lipinski definition) is 0. The zero-order valence-corrected chi connectivity index (χ0v) is 59.3. The first kappa shape index (κ1) is 70.9. The average Bonchev–Trinajstić information content (AvgIpc) is 1.50. The molecule has 0 radical (unpaired) electrons. The van der Waals surface area contributed by atoms with Gasteiger partial charge in [0.15, 0.2) is 0 Å². The van der Waals surface area contributed by atoms with E-state index in [1.807, 2.05) is 68.6 Å². The number of carbonyl (C=O) groups is 1. The Labute approximate surface area is 525 Å². The zero-order chi connectivity index (χ0) is 62.0. The van der Waals surface area contributed by atoms with Crippen molar-refractivity contribution in [3.8, 4) is 0 Å². The van der Waals surface area contributed by atoms with E-state index >= 15 is 4.79 Å². The third-order valence-electron chi connectivity index (χ3n) is 20.0. The van der Waals surface area contributed by atoms with Crippen molar-refractivity contribution >= 4 is 32.7 Å². The van der Waals surface area contributed by atoms with Crippen LogP contribution in [0.25, 0.3) is 0 Å². The molecule has 0 amide bonds. The van der Waals surface area contributed by atoms with Crippen LogP contribution in [0.15, 0.2) is 103 Å². The van der Waals surface area contributed by atoms with Crippen molar-refractivity contribution < 1.29 is 56.6 Å². The van der Waals surface area contributed by atoms with Crippen molar-refractivity contribution in [2.75, 3.05) is 26.9 Å². The van der Waals surface area contributed by atoms with Gasteiger partial charge in [0, 0.05) is 6.61 Å². The molecule has 7 rings (SSSR count). The molecular weight excluding hydrogens is 1200 g/mol. The summed E-state index contributed by atoms with van der Waals surface area (Å²) in [5, 5.41) is -0.0866. The summed E-state index contributed by atoms with van der Waals surface area (Å²) in [4.78, 5) is 15.5. The summed E-state index contributed by atoms with van der Waals surface area (Å²) < 4.78 is 83.2. The van der Waals surface area contributed by atoms with Crippen molar-refractivity contribution in [1.29, 1.82) is 0 Å². The van der Waals surface area contributed by atoms with Gasteiger partial charge in [0.2, 0.25) is 0 Å². The SMILES string of the molecule is C=C(C)C[C@H]1O[C@@](C)([C@@H](CCOCc2ccccc2)OCc2ccccc2)[C@H](OCc2ccccc2)C[C@@H]1OC(=O)C[C@@H]1O[C@@H]2C[C@H](C)[C@@]3(CCCO3)O[C@H]2[C@@H](O[Si](C)(C)C(C)(C)C)[C@H](C)[C@H]1OCC([CH2][Sn]([CH2]CCC)([CH2]CCC)[CH2]CCC)OC. The molecule has 1 unspecified atom stereocenters. The van der Waals surface area contributed by atoms with E-state index in [-0.39, 0.29) is 35.4 Å². The number of rotatable bonds is 34. The van der Waals surface area contributed by atoms with Crippen molar-refractivity contribution in [1.82, 2.24) is 0 Å². The summed E-state index contributed by atoms with van der Waals surface area (Å²) >= 11 is -2.73. The van der Waals surface area contributed by atoms with Gasteiger partial charge in [0.05, 0.1) is 25.9 Å². The summed E-state index contributed by atoms with van der Waals surface area (Å²) in [6.45, 7) is 34.1. The molecule has 0 N–H and O–H groups in total. The topological polar surface area (TPSA) is 119 Å². The van der Waals surface area contributed by atoms with E-state index in [4.69, 9.17) is 51.8 Å². The molecular formula is C72H114O12SiSn. The molecule has 14 heteroatoms. The molecule has 3 aromatic carbocycles. The van der Waals surface area contributed by atoms with Gasteiger partial charge in [-0.05, 0) is 37.0 Å². The fourth-order valence-corrected chi connectivity index (χ4v) is 32.0. The Morgan fingerprint density at radius 2 is 1.37 bits per heavy atom. The second kappa shape index (κ2) is 33.7. The predicted molar refractivity (Wildman–Crippen MR) is 349 cm³/mol. The first-order valence-electron chi connectivity index (χ1n) is 33.4. The van der Waals surface area contributed by atoms with Crippen molar-refractivity contribution in [3.63, 3.8) is 0 Å². The summed E-state index contributed by atoms with van der Waals surface area (Å²) in [5.74, 6) is -1.31. The van der Waals surface area contributed by atoms with Crippen molar-refractivity contribution in [3.05, 3.63) is 120 Å².